The van der Waals surface area contributed by atoms with Gasteiger partial charge in [-0.2, -0.15) is 0 Å². The van der Waals surface area contributed by atoms with Crippen LogP contribution in [0.1, 0.15) is 38.4 Å². The van der Waals surface area contributed by atoms with Crippen LogP contribution in [-0.4, -0.2) is 130 Å². The molecule has 5 N–H and O–H groups in total. The van der Waals surface area contributed by atoms with Crippen molar-refractivity contribution in [3.63, 3.8) is 0 Å². The number of nitrogens with zero attached hydrogens (tertiary/aromatic N) is 2. The molecule has 1 aliphatic rings. The third kappa shape index (κ3) is 14.0. The van der Waals surface area contributed by atoms with E-state index in [0.29, 0.717) is 52.8 Å². The molecule has 0 radical (unpaired) electrons. The Kier molecular flexibility index (Phi) is 17.5. The first-order chi connectivity index (χ1) is 23.5. The summed E-state index contributed by atoms with van der Waals surface area (Å²) in [6.07, 6.45) is -0.745. The number of aryl methyl sites for hydroxylation is 1. The van der Waals surface area contributed by atoms with Crippen molar-refractivity contribution in [3.8, 4) is 10.4 Å². The van der Waals surface area contributed by atoms with E-state index < -0.39 is 35.4 Å². The molecule has 0 bridgehead atoms. The van der Waals surface area contributed by atoms with Crippen molar-refractivity contribution in [1.29, 1.82) is 0 Å². The summed E-state index contributed by atoms with van der Waals surface area (Å²) in [5.41, 5.74) is 9.40. The summed E-state index contributed by atoms with van der Waals surface area (Å²) in [7, 11) is 0. The monoisotopic (exact) mass is 707 g/mol. The van der Waals surface area contributed by atoms with E-state index in [9.17, 15) is 19.5 Å². The zero-order chi connectivity index (χ0) is 35.6. The minimum Gasteiger partial charge on any atom is -0.391 e. The summed E-state index contributed by atoms with van der Waals surface area (Å²) < 4.78 is 26.9. The fourth-order valence-corrected chi connectivity index (χ4v) is 5.92. The number of aliphatic hydroxyl groups excluding tert-OH is 1. The van der Waals surface area contributed by atoms with E-state index in [1.807, 2.05) is 57.5 Å². The highest BCUT2D eigenvalue weighted by molar-refractivity contribution is 7.13. The summed E-state index contributed by atoms with van der Waals surface area (Å²) in [6, 6.07) is 6.06. The molecule has 49 heavy (non-hydrogen) atoms. The highest BCUT2D eigenvalue weighted by Gasteiger charge is 2.44. The number of nitrogens with one attached hydrogen (secondary N) is 2. The third-order valence-electron chi connectivity index (χ3n) is 7.69. The Morgan fingerprint density at radius 3 is 2.06 bits per heavy atom. The van der Waals surface area contributed by atoms with Gasteiger partial charge >= 0.3 is 0 Å². The molecule has 1 aromatic carbocycles. The number of hydrogen-bond acceptors (Lipinski definition) is 12. The largest absolute Gasteiger partial charge is 0.391 e. The van der Waals surface area contributed by atoms with E-state index in [-0.39, 0.29) is 45.2 Å². The first kappa shape index (κ1) is 40.4. The molecule has 0 aliphatic carbocycles. The number of carbonyl (C=O) groups excluding carboxylic acids is 3. The SMILES string of the molecule is Cc1ncsc1-c1ccc(CNC(=O)[C@@H]2C[C@@H](O)CN2C(=O)C(NC(=O)COCCOCCOCCOCCOCCN)C(C)(C)C)cc1. The van der Waals surface area contributed by atoms with E-state index in [1.54, 1.807) is 11.3 Å². The predicted molar refractivity (Wildman–Crippen MR) is 185 cm³/mol. The second kappa shape index (κ2) is 21.3. The van der Waals surface area contributed by atoms with Crippen LogP contribution < -0.4 is 16.4 Å². The zero-order valence-electron chi connectivity index (χ0n) is 29.1. The number of benzene rings is 1. The highest BCUT2D eigenvalue weighted by atomic mass is 32.1. The Bertz CT molecular complexity index is 1290. The zero-order valence-corrected chi connectivity index (χ0v) is 29.9. The molecule has 3 atom stereocenters. The first-order valence-corrected chi connectivity index (χ1v) is 17.5. The van der Waals surface area contributed by atoms with Gasteiger partial charge in [0, 0.05) is 26.1 Å². The number of aliphatic hydroxyl groups is 1. The second-order valence-corrected chi connectivity index (χ2v) is 13.6. The fourth-order valence-electron chi connectivity index (χ4n) is 5.11. The Labute approximate surface area is 293 Å². The van der Waals surface area contributed by atoms with Crippen LogP contribution in [0.4, 0.5) is 0 Å². The Morgan fingerprint density at radius 2 is 1.53 bits per heavy atom. The number of likely N-dealkylation sites (tertiary alicyclic amines) is 1. The Balaban J connectivity index is 1.38. The molecule has 1 fully saturated rings. The number of ether oxygens (including phenoxy) is 5. The molecular formula is C34H53N5O9S. The number of carbonyl (C=O) groups is 3. The molecule has 3 amide bonds. The molecule has 274 valence electrons. The lowest BCUT2D eigenvalue weighted by Crippen LogP contribution is -2.58. The smallest absolute Gasteiger partial charge is 0.246 e. The Morgan fingerprint density at radius 1 is 0.959 bits per heavy atom. The van der Waals surface area contributed by atoms with Crippen molar-refractivity contribution in [2.45, 2.75) is 58.8 Å². The van der Waals surface area contributed by atoms with Crippen LogP contribution in [0.2, 0.25) is 0 Å². The minimum atomic E-state index is -0.942. The van der Waals surface area contributed by atoms with Gasteiger partial charge in [0.1, 0.15) is 18.7 Å². The predicted octanol–water partition coefficient (Wildman–Crippen LogP) is 1.27. The fraction of sp³-hybridized carbons (Fsp3) is 0.647. The molecule has 0 saturated carbocycles. The van der Waals surface area contributed by atoms with Crippen molar-refractivity contribution in [2.75, 3.05) is 79.2 Å². The van der Waals surface area contributed by atoms with Crippen LogP contribution in [0.25, 0.3) is 10.4 Å². The average molecular weight is 708 g/mol. The van der Waals surface area contributed by atoms with Gasteiger partial charge in [-0.25, -0.2) is 4.98 Å². The third-order valence-corrected chi connectivity index (χ3v) is 8.67. The van der Waals surface area contributed by atoms with Gasteiger partial charge < -0.3 is 50.1 Å². The normalized spacial score (nSPS) is 16.9. The van der Waals surface area contributed by atoms with Gasteiger partial charge in [-0.1, -0.05) is 45.0 Å². The van der Waals surface area contributed by atoms with Crippen LogP contribution in [0.5, 0.6) is 0 Å². The summed E-state index contributed by atoms with van der Waals surface area (Å²) in [5, 5.41) is 16.1. The van der Waals surface area contributed by atoms with E-state index in [4.69, 9.17) is 29.4 Å². The molecular weight excluding hydrogens is 654 g/mol. The van der Waals surface area contributed by atoms with E-state index in [1.165, 1.54) is 4.90 Å². The standard InChI is InChI=1S/C34H53N5O9S/c1-24-30(49-23-37-24)26-7-5-25(6-8-26)20-36-32(42)28-19-27(40)21-39(28)33(43)31(34(2,3)4)38-29(41)22-48-18-17-47-16-15-46-14-13-45-12-11-44-10-9-35/h5-8,23,27-28,31,40H,9-22,35H2,1-4H3,(H,36,42)(H,38,41)/t27-,28+,31?/m1/s1. The Hall–Kier alpha value is -3.02. The van der Waals surface area contributed by atoms with Crippen molar-refractivity contribution in [1.82, 2.24) is 20.5 Å². The molecule has 15 heteroatoms. The number of amides is 3. The van der Waals surface area contributed by atoms with Crippen LogP contribution in [-0.2, 0) is 44.6 Å². The maximum atomic E-state index is 13.8. The van der Waals surface area contributed by atoms with E-state index in [0.717, 1.165) is 21.7 Å². The number of thiazole rings is 1. The minimum absolute atomic E-state index is 0.00294. The molecule has 3 rings (SSSR count). The van der Waals surface area contributed by atoms with Gasteiger partial charge in [0.05, 0.1) is 81.6 Å². The van der Waals surface area contributed by atoms with Crippen molar-refractivity contribution in [2.24, 2.45) is 11.1 Å². The van der Waals surface area contributed by atoms with Gasteiger partial charge in [0.25, 0.3) is 0 Å². The summed E-state index contributed by atoms with van der Waals surface area (Å²) >= 11 is 1.57. The van der Waals surface area contributed by atoms with Crippen molar-refractivity contribution >= 4 is 29.1 Å². The number of β-amino-alcohol motifs (C(OH)–C–C–N with tert-alkyl or cyclic N) is 1. The van der Waals surface area contributed by atoms with Gasteiger partial charge in [-0.15, -0.1) is 11.3 Å². The number of aromatic nitrogens is 1. The van der Waals surface area contributed by atoms with Gasteiger partial charge in [0.2, 0.25) is 17.7 Å². The highest BCUT2D eigenvalue weighted by Crippen LogP contribution is 2.28. The summed E-state index contributed by atoms with van der Waals surface area (Å²) in [5.74, 6) is -1.27. The molecule has 1 aliphatic heterocycles. The topological polar surface area (TPSA) is 184 Å². The van der Waals surface area contributed by atoms with Gasteiger partial charge in [-0.3, -0.25) is 14.4 Å². The van der Waals surface area contributed by atoms with Gasteiger partial charge in [0.15, 0.2) is 0 Å². The van der Waals surface area contributed by atoms with Crippen LogP contribution >= 0.6 is 11.3 Å². The molecule has 1 saturated heterocycles. The lowest BCUT2D eigenvalue weighted by atomic mass is 9.85. The summed E-state index contributed by atoms with van der Waals surface area (Å²) in [4.78, 5) is 46.6. The number of hydrogen-bond donors (Lipinski definition) is 4. The second-order valence-electron chi connectivity index (χ2n) is 12.7. The number of rotatable bonds is 22. The average Bonchev–Trinajstić information content (AvgIpc) is 3.68. The quantitative estimate of drug-likeness (QED) is 0.129. The lowest BCUT2D eigenvalue weighted by molar-refractivity contribution is -0.144. The van der Waals surface area contributed by atoms with Gasteiger partial charge in [-0.05, 0) is 23.5 Å². The molecule has 0 spiro atoms. The van der Waals surface area contributed by atoms with Crippen molar-refractivity contribution in [3.05, 3.63) is 41.0 Å². The van der Waals surface area contributed by atoms with Crippen LogP contribution in [0, 0.1) is 12.3 Å². The van der Waals surface area contributed by atoms with Crippen molar-refractivity contribution < 1.29 is 43.2 Å². The van der Waals surface area contributed by atoms with E-state index >= 15 is 0 Å². The van der Waals surface area contributed by atoms with Crippen LogP contribution in [0.3, 0.4) is 0 Å². The van der Waals surface area contributed by atoms with E-state index in [2.05, 4.69) is 15.6 Å². The lowest BCUT2D eigenvalue weighted by Gasteiger charge is -2.35. The first-order valence-electron chi connectivity index (χ1n) is 16.6. The maximum Gasteiger partial charge on any atom is 0.246 e. The molecule has 2 heterocycles. The molecule has 1 unspecified atom stereocenters. The molecule has 1 aromatic heterocycles. The molecule has 2 aromatic rings. The number of nitrogens with two attached hydrogens (primary N) is 1. The molecule has 14 nitrogen and oxygen atoms in total. The van der Waals surface area contributed by atoms with Crippen LogP contribution in [0.15, 0.2) is 29.8 Å². The maximum absolute atomic E-state index is 13.8. The summed E-state index contributed by atoms with van der Waals surface area (Å²) in [6.45, 7) is 11.6.